The summed E-state index contributed by atoms with van der Waals surface area (Å²) in [6, 6.07) is 14.1. The highest BCUT2D eigenvalue weighted by Gasteiger charge is 2.18. The van der Waals surface area contributed by atoms with E-state index in [1.165, 1.54) is 86.7 Å². The molecule has 1 heterocycles. The Balaban J connectivity index is 1.39. The molecule has 43 heavy (non-hydrogen) atoms. The van der Waals surface area contributed by atoms with Gasteiger partial charge >= 0.3 is 0 Å². The number of ether oxygens (including phenoxy) is 2. The van der Waals surface area contributed by atoms with E-state index in [1.807, 2.05) is 30.0 Å². The summed E-state index contributed by atoms with van der Waals surface area (Å²) in [7, 11) is 0. The van der Waals surface area contributed by atoms with Gasteiger partial charge in [0.15, 0.2) is 18.1 Å². The van der Waals surface area contributed by atoms with Crippen LogP contribution in [0.5, 0.6) is 11.5 Å². The van der Waals surface area contributed by atoms with Crippen LogP contribution < -0.4 is 14.8 Å². The first-order valence-electron chi connectivity index (χ1n) is 16.6. The van der Waals surface area contributed by atoms with Gasteiger partial charge in [-0.05, 0) is 59.1 Å². The third kappa shape index (κ3) is 13.7. The lowest BCUT2D eigenvalue weighted by Crippen LogP contribution is -2.20. The second kappa shape index (κ2) is 18.9. The van der Waals surface area contributed by atoms with Crippen LogP contribution in [-0.4, -0.2) is 29.9 Å². The van der Waals surface area contributed by atoms with Crippen molar-refractivity contribution in [2.45, 2.75) is 124 Å². The Morgan fingerprint density at radius 2 is 1.47 bits per heavy atom. The number of hydrogen-bond acceptors (Lipinski definition) is 5. The molecule has 3 rings (SSSR count). The van der Waals surface area contributed by atoms with Crippen molar-refractivity contribution >= 4 is 23.4 Å². The highest BCUT2D eigenvalue weighted by atomic mass is 32.2. The Bertz CT molecular complexity index is 1120. The molecule has 2 aromatic carbocycles. The summed E-state index contributed by atoms with van der Waals surface area (Å²) in [6.07, 6.45) is 18.0. The molecule has 0 saturated carbocycles. The summed E-state index contributed by atoms with van der Waals surface area (Å²) in [4.78, 5) is 16.4. The molecule has 1 N–H and O–H groups in total. The van der Waals surface area contributed by atoms with Crippen LogP contribution in [0.1, 0.15) is 123 Å². The van der Waals surface area contributed by atoms with Gasteiger partial charge < -0.3 is 19.7 Å². The summed E-state index contributed by atoms with van der Waals surface area (Å²) < 4.78 is 12.2. The SMILES string of the molecule is CCCCCCCCCCCCCCOc1cc(C(C)(C)C)ccc1OCC(=O)Nc1ccc(CN2C=C(C)SC2)cc1. The second-order valence-corrected chi connectivity index (χ2v) is 14.1. The molecule has 0 radical (unpaired) electrons. The van der Waals surface area contributed by atoms with Gasteiger partial charge in [-0.3, -0.25) is 4.79 Å². The number of unbranched alkanes of at least 4 members (excludes halogenated alkanes) is 11. The van der Waals surface area contributed by atoms with E-state index in [0.29, 0.717) is 12.4 Å². The second-order valence-electron chi connectivity index (χ2n) is 12.9. The van der Waals surface area contributed by atoms with Gasteiger partial charge in [-0.1, -0.05) is 117 Å². The summed E-state index contributed by atoms with van der Waals surface area (Å²) in [5, 5.41) is 2.96. The number of hydrogen-bond donors (Lipinski definition) is 1. The number of thioether (sulfide) groups is 1. The minimum absolute atomic E-state index is 0.00108. The normalized spacial score (nSPS) is 13.2. The molecule has 1 amide bonds. The minimum atomic E-state index is -0.186. The number of nitrogens with one attached hydrogen (secondary N) is 1. The van der Waals surface area contributed by atoms with E-state index in [9.17, 15) is 4.79 Å². The number of carbonyl (C=O) groups is 1. The Morgan fingerprint density at radius 3 is 2.05 bits per heavy atom. The molecule has 1 aliphatic heterocycles. The number of anilines is 1. The molecular weight excluding hydrogens is 552 g/mol. The Kier molecular flexibility index (Phi) is 15.4. The minimum Gasteiger partial charge on any atom is -0.490 e. The van der Waals surface area contributed by atoms with Crippen LogP contribution in [-0.2, 0) is 16.8 Å². The maximum absolute atomic E-state index is 12.7. The lowest BCUT2D eigenvalue weighted by Gasteiger charge is -2.21. The van der Waals surface area contributed by atoms with Crippen molar-refractivity contribution < 1.29 is 14.3 Å². The zero-order valence-corrected chi connectivity index (χ0v) is 28.3. The predicted octanol–water partition coefficient (Wildman–Crippen LogP) is 10.4. The van der Waals surface area contributed by atoms with E-state index in [1.54, 1.807) is 0 Å². The maximum Gasteiger partial charge on any atom is 0.262 e. The molecule has 2 aromatic rings. The van der Waals surface area contributed by atoms with E-state index >= 15 is 0 Å². The molecule has 0 atom stereocenters. The molecule has 0 aliphatic carbocycles. The Morgan fingerprint density at radius 1 is 0.837 bits per heavy atom. The van der Waals surface area contributed by atoms with Crippen molar-refractivity contribution in [2.75, 3.05) is 24.4 Å². The van der Waals surface area contributed by atoms with Crippen LogP contribution in [0.15, 0.2) is 53.6 Å². The van der Waals surface area contributed by atoms with Gasteiger partial charge in [0.05, 0.1) is 12.5 Å². The zero-order valence-electron chi connectivity index (χ0n) is 27.5. The molecular formula is C37H56N2O3S. The quantitative estimate of drug-likeness (QED) is 0.152. The van der Waals surface area contributed by atoms with Crippen LogP contribution in [0, 0.1) is 0 Å². The average Bonchev–Trinajstić information content (AvgIpc) is 3.39. The van der Waals surface area contributed by atoms with E-state index in [2.05, 4.69) is 75.3 Å². The standard InChI is InChI=1S/C37H56N2O3S/c1-6-7-8-9-10-11-12-13-14-15-16-17-24-41-35-25-32(37(3,4)5)20-23-34(35)42-28-36(40)38-33-21-18-31(19-22-33)27-39-26-30(2)43-29-39/h18-23,25-26H,6-17,24,27-29H2,1-5H3,(H,38,40). The van der Waals surface area contributed by atoms with Gasteiger partial charge in [0, 0.05) is 18.4 Å². The zero-order chi connectivity index (χ0) is 30.9. The first-order valence-corrected chi connectivity index (χ1v) is 17.6. The number of benzene rings is 2. The number of amides is 1. The van der Waals surface area contributed by atoms with Crippen molar-refractivity contribution in [3.63, 3.8) is 0 Å². The van der Waals surface area contributed by atoms with Crippen LogP contribution in [0.4, 0.5) is 5.69 Å². The topological polar surface area (TPSA) is 50.8 Å². The Hall–Kier alpha value is -2.60. The molecule has 0 unspecified atom stereocenters. The molecule has 0 fully saturated rings. The third-order valence-corrected chi connectivity index (χ3v) is 8.89. The first kappa shape index (κ1) is 34.9. The van der Waals surface area contributed by atoms with Crippen molar-refractivity contribution in [3.05, 3.63) is 64.7 Å². The van der Waals surface area contributed by atoms with Crippen molar-refractivity contribution in [3.8, 4) is 11.5 Å². The van der Waals surface area contributed by atoms with Gasteiger partial charge in [-0.15, -0.1) is 11.8 Å². The van der Waals surface area contributed by atoms with Crippen molar-refractivity contribution in [1.82, 2.24) is 4.90 Å². The number of nitrogens with zero attached hydrogens (tertiary/aromatic N) is 1. The third-order valence-electron chi connectivity index (χ3n) is 7.87. The van der Waals surface area contributed by atoms with Crippen LogP contribution in [0.2, 0.25) is 0 Å². The summed E-state index contributed by atoms with van der Waals surface area (Å²) in [5.74, 6) is 2.14. The monoisotopic (exact) mass is 608 g/mol. The predicted molar refractivity (Wildman–Crippen MR) is 184 cm³/mol. The summed E-state index contributed by atoms with van der Waals surface area (Å²) >= 11 is 1.86. The van der Waals surface area contributed by atoms with Crippen LogP contribution >= 0.6 is 11.8 Å². The van der Waals surface area contributed by atoms with Gasteiger partial charge in [-0.25, -0.2) is 0 Å². The maximum atomic E-state index is 12.7. The lowest BCUT2D eigenvalue weighted by molar-refractivity contribution is -0.118. The van der Waals surface area contributed by atoms with Crippen molar-refractivity contribution in [2.24, 2.45) is 0 Å². The number of carbonyl (C=O) groups excluding carboxylic acids is 1. The molecule has 0 saturated heterocycles. The first-order chi connectivity index (χ1) is 20.7. The van der Waals surface area contributed by atoms with E-state index in [0.717, 1.165) is 30.3 Å². The largest absolute Gasteiger partial charge is 0.490 e. The van der Waals surface area contributed by atoms with Crippen molar-refractivity contribution in [1.29, 1.82) is 0 Å². The van der Waals surface area contributed by atoms with Crippen LogP contribution in [0.3, 0.4) is 0 Å². The van der Waals surface area contributed by atoms with E-state index < -0.39 is 0 Å². The van der Waals surface area contributed by atoms with Gasteiger partial charge in [0.25, 0.3) is 5.91 Å². The molecule has 5 nitrogen and oxygen atoms in total. The smallest absolute Gasteiger partial charge is 0.262 e. The number of rotatable bonds is 20. The highest BCUT2D eigenvalue weighted by Crippen LogP contribution is 2.34. The van der Waals surface area contributed by atoms with Gasteiger partial charge in [-0.2, -0.15) is 0 Å². The lowest BCUT2D eigenvalue weighted by atomic mass is 9.87. The molecule has 238 valence electrons. The highest BCUT2D eigenvalue weighted by molar-refractivity contribution is 8.03. The average molecular weight is 609 g/mol. The fourth-order valence-electron chi connectivity index (χ4n) is 5.21. The van der Waals surface area contributed by atoms with Gasteiger partial charge in [0.1, 0.15) is 0 Å². The molecule has 0 aromatic heterocycles. The molecule has 0 spiro atoms. The molecule has 6 heteroatoms. The Labute approximate surface area is 266 Å². The molecule has 1 aliphatic rings. The molecule has 0 bridgehead atoms. The van der Waals surface area contributed by atoms with Crippen LogP contribution in [0.25, 0.3) is 0 Å². The van der Waals surface area contributed by atoms with Gasteiger partial charge in [0.2, 0.25) is 0 Å². The van der Waals surface area contributed by atoms with E-state index in [-0.39, 0.29) is 17.9 Å². The number of allylic oxidation sites excluding steroid dienone is 1. The summed E-state index contributed by atoms with van der Waals surface area (Å²) in [6.45, 7) is 12.5. The fourth-order valence-corrected chi connectivity index (χ4v) is 5.97. The summed E-state index contributed by atoms with van der Waals surface area (Å²) in [5.41, 5.74) is 3.17. The van der Waals surface area contributed by atoms with E-state index in [4.69, 9.17) is 9.47 Å². The fraction of sp³-hybridized carbons (Fsp3) is 0.595.